The number of anilines is 1. The van der Waals surface area contributed by atoms with Gasteiger partial charge in [0, 0.05) is 84.2 Å². The van der Waals surface area contributed by atoms with Crippen LogP contribution in [0.4, 0.5) is 32.2 Å². The number of halogens is 6. The molecule has 0 unspecified atom stereocenters. The van der Waals surface area contributed by atoms with Gasteiger partial charge in [0.2, 0.25) is 5.88 Å². The second-order valence-corrected chi connectivity index (χ2v) is 14.3. The number of piperidine rings is 1. The number of benzene rings is 2. The highest BCUT2D eigenvalue weighted by molar-refractivity contribution is 5.71. The molecule has 1 aliphatic heterocycles. The first kappa shape index (κ1) is 42.2. The zero-order valence-electron chi connectivity index (χ0n) is 33.4. The Bertz CT molecular complexity index is 2560. The van der Waals surface area contributed by atoms with Gasteiger partial charge in [0.1, 0.15) is 11.9 Å². The first-order valence-corrected chi connectivity index (χ1v) is 19.1. The lowest BCUT2D eigenvalue weighted by Crippen LogP contribution is -2.38. The molecule has 0 N–H and O–H groups in total. The van der Waals surface area contributed by atoms with Crippen molar-refractivity contribution in [1.29, 1.82) is 0 Å². The first-order chi connectivity index (χ1) is 29.1. The Morgan fingerprint density at radius 1 is 0.574 bits per heavy atom. The third kappa shape index (κ3) is 10.5. The Kier molecular flexibility index (Phi) is 12.3. The number of aryl methyl sites for hydroxylation is 4. The van der Waals surface area contributed by atoms with Gasteiger partial charge in [-0.1, -0.05) is 48.5 Å². The highest BCUT2D eigenvalue weighted by atomic mass is 19.4. The van der Waals surface area contributed by atoms with Crippen LogP contribution in [-0.4, -0.2) is 64.3 Å². The summed E-state index contributed by atoms with van der Waals surface area (Å²) >= 11 is 0. The molecule has 17 heteroatoms. The lowest BCUT2D eigenvalue weighted by atomic mass is 10.0. The van der Waals surface area contributed by atoms with Gasteiger partial charge in [0.25, 0.3) is 0 Å². The summed E-state index contributed by atoms with van der Waals surface area (Å²) in [6, 6.07) is 23.1. The monoisotopic (exact) mass is 836 g/mol. The van der Waals surface area contributed by atoms with Crippen molar-refractivity contribution in [2.24, 2.45) is 0 Å². The molecular weight excluding hydrogens is 799 g/mol. The predicted molar refractivity (Wildman–Crippen MR) is 216 cm³/mol. The molecule has 0 radical (unpaired) electrons. The van der Waals surface area contributed by atoms with E-state index >= 15 is 0 Å². The van der Waals surface area contributed by atoms with Gasteiger partial charge in [-0.3, -0.25) is 0 Å². The second kappa shape index (κ2) is 17.7. The van der Waals surface area contributed by atoms with Crippen LogP contribution in [0.1, 0.15) is 46.7 Å². The summed E-state index contributed by atoms with van der Waals surface area (Å²) in [6.45, 7) is 8.85. The summed E-state index contributed by atoms with van der Waals surface area (Å²) < 4.78 is 81.2. The topological polar surface area (TPSA) is 128 Å². The second-order valence-electron chi connectivity index (χ2n) is 14.3. The van der Waals surface area contributed by atoms with Crippen LogP contribution in [0.2, 0.25) is 0 Å². The molecule has 2 aromatic carbocycles. The smallest absolute Gasteiger partial charge is 0.418 e. The third-order valence-corrected chi connectivity index (χ3v) is 9.71. The Balaban J connectivity index is 0.000000189. The number of rotatable bonds is 7. The molecule has 0 saturated carbocycles. The molecule has 312 valence electrons. The quantitative estimate of drug-likeness (QED) is 0.142. The Labute approximate surface area is 347 Å². The van der Waals surface area contributed by atoms with E-state index in [-0.39, 0.29) is 12.0 Å². The molecule has 0 atom stereocenters. The van der Waals surface area contributed by atoms with E-state index in [1.807, 2.05) is 76.2 Å². The summed E-state index contributed by atoms with van der Waals surface area (Å²) in [4.78, 5) is 33.2. The number of ether oxygens (including phenoxy) is 1. The van der Waals surface area contributed by atoms with Crippen LogP contribution in [0.25, 0.3) is 45.3 Å². The number of aromatic nitrogens is 9. The Hall–Kier alpha value is -6.91. The van der Waals surface area contributed by atoms with Crippen LogP contribution in [0, 0.1) is 27.7 Å². The van der Waals surface area contributed by atoms with E-state index in [9.17, 15) is 26.3 Å². The Morgan fingerprint density at radius 2 is 1.10 bits per heavy atom. The van der Waals surface area contributed by atoms with Crippen molar-refractivity contribution in [3.8, 4) is 51.2 Å². The van der Waals surface area contributed by atoms with E-state index < -0.39 is 23.5 Å². The van der Waals surface area contributed by atoms with E-state index in [1.54, 1.807) is 17.3 Å². The molecule has 1 saturated heterocycles. The fourth-order valence-corrected chi connectivity index (χ4v) is 6.68. The van der Waals surface area contributed by atoms with E-state index in [4.69, 9.17) is 14.7 Å². The number of hydrogen-bond acceptors (Lipinski definition) is 11. The van der Waals surface area contributed by atoms with Crippen molar-refractivity contribution in [2.45, 2.75) is 59.0 Å². The van der Waals surface area contributed by atoms with Gasteiger partial charge < -0.3 is 9.64 Å². The normalized spacial score (nSPS) is 13.4. The zero-order chi connectivity index (χ0) is 43.3. The molecule has 1 aliphatic rings. The van der Waals surface area contributed by atoms with Crippen LogP contribution >= 0.6 is 0 Å². The molecule has 6 heterocycles. The minimum Gasteiger partial charge on any atom is -0.473 e. The Morgan fingerprint density at radius 3 is 1.61 bits per heavy atom. The van der Waals surface area contributed by atoms with Crippen molar-refractivity contribution in [1.82, 2.24) is 45.1 Å². The average molecular weight is 837 g/mol. The van der Waals surface area contributed by atoms with Crippen molar-refractivity contribution in [2.75, 3.05) is 18.0 Å². The molecule has 8 rings (SSSR count). The van der Waals surface area contributed by atoms with Crippen molar-refractivity contribution in [3.05, 3.63) is 138 Å². The fraction of sp³-hybridized carbons (Fsp3) is 0.250. The van der Waals surface area contributed by atoms with Gasteiger partial charge in [-0.25, -0.2) is 34.9 Å². The van der Waals surface area contributed by atoms with Crippen LogP contribution in [0.15, 0.2) is 104 Å². The largest absolute Gasteiger partial charge is 0.473 e. The molecule has 0 aliphatic carbocycles. The lowest BCUT2D eigenvalue weighted by Gasteiger charge is -2.32. The molecule has 7 aromatic rings. The minimum atomic E-state index is -4.54. The lowest BCUT2D eigenvalue weighted by molar-refractivity contribution is -0.138. The fourth-order valence-electron chi connectivity index (χ4n) is 6.68. The SMILES string of the molecule is Cc1cc(C)nc(-c2ccc(-c3nc(C)c(-c4ccc(-c5ncccn5)cc4)nc3C)cc2)n1.FC(F)(F)c1ccc(N2CCC(Oc3cc(C(F)(F)F)cnn3)CC2)nc1. The maximum Gasteiger partial charge on any atom is 0.418 e. The number of hydrogen-bond donors (Lipinski definition) is 0. The van der Waals surface area contributed by atoms with E-state index in [0.29, 0.717) is 43.8 Å². The maximum absolute atomic E-state index is 12.7. The van der Waals surface area contributed by atoms with E-state index in [0.717, 1.165) is 80.6 Å². The standard InChI is InChI=1S/C28H24N6.C16H14F6N4O/c1-17-16-18(2)32-28(31-17)24-12-8-22(9-13-24)26-20(4)33-25(19(3)34-26)21-6-10-23(11-7-21)27-29-14-5-15-30-27;17-15(18,19)10-1-2-13(23-8-10)26-5-3-12(4-6-26)27-14-7-11(9-24-25-14)16(20,21)22/h5-16H,1-4H3;1-2,7-9,12H,3-6H2. The molecule has 0 bridgehead atoms. The zero-order valence-corrected chi connectivity index (χ0v) is 33.4. The molecule has 11 nitrogen and oxygen atoms in total. The predicted octanol–water partition coefficient (Wildman–Crippen LogP) is 9.92. The van der Waals surface area contributed by atoms with Crippen LogP contribution in [0.5, 0.6) is 5.88 Å². The van der Waals surface area contributed by atoms with Crippen molar-refractivity contribution >= 4 is 5.82 Å². The molecular formula is C44H38F6N10O. The molecule has 0 amide bonds. The summed E-state index contributed by atoms with van der Waals surface area (Å²) in [7, 11) is 0. The van der Waals surface area contributed by atoms with Crippen LogP contribution in [-0.2, 0) is 12.4 Å². The first-order valence-electron chi connectivity index (χ1n) is 19.1. The number of alkyl halides is 6. The summed E-state index contributed by atoms with van der Waals surface area (Å²) in [5, 5.41) is 6.85. The van der Waals surface area contributed by atoms with Gasteiger partial charge in [-0.05, 0) is 52.0 Å². The van der Waals surface area contributed by atoms with Crippen molar-refractivity contribution in [3.63, 3.8) is 0 Å². The van der Waals surface area contributed by atoms with Gasteiger partial charge in [0.05, 0.1) is 40.1 Å². The third-order valence-electron chi connectivity index (χ3n) is 9.71. The van der Waals surface area contributed by atoms with Gasteiger partial charge in [-0.15, -0.1) is 5.10 Å². The van der Waals surface area contributed by atoms with E-state index in [1.165, 1.54) is 6.07 Å². The highest BCUT2D eigenvalue weighted by Gasteiger charge is 2.33. The minimum absolute atomic E-state index is 0.212. The van der Waals surface area contributed by atoms with Crippen molar-refractivity contribution < 1.29 is 31.1 Å². The molecule has 61 heavy (non-hydrogen) atoms. The maximum atomic E-state index is 12.7. The summed E-state index contributed by atoms with van der Waals surface area (Å²) in [5.74, 6) is 1.64. The summed E-state index contributed by atoms with van der Waals surface area (Å²) in [6.07, 6.45) is -3.55. The van der Waals surface area contributed by atoms with Gasteiger partial charge >= 0.3 is 12.4 Å². The molecule has 5 aromatic heterocycles. The van der Waals surface area contributed by atoms with Crippen LogP contribution < -0.4 is 9.64 Å². The molecule has 0 spiro atoms. The number of nitrogens with zero attached hydrogens (tertiary/aromatic N) is 10. The number of pyridine rings is 1. The molecule has 1 fully saturated rings. The van der Waals surface area contributed by atoms with Crippen LogP contribution in [0.3, 0.4) is 0 Å². The van der Waals surface area contributed by atoms with Gasteiger partial charge in [-0.2, -0.15) is 31.4 Å². The van der Waals surface area contributed by atoms with E-state index in [2.05, 4.69) is 47.2 Å². The summed E-state index contributed by atoms with van der Waals surface area (Å²) in [5.41, 5.74) is 7.65. The highest BCUT2D eigenvalue weighted by Crippen LogP contribution is 2.33. The average Bonchev–Trinajstić information content (AvgIpc) is 3.24. The van der Waals surface area contributed by atoms with Gasteiger partial charge in [0.15, 0.2) is 11.6 Å².